The second-order valence-corrected chi connectivity index (χ2v) is 13.2. The largest absolute Gasteiger partial charge is 0.464 e. The van der Waals surface area contributed by atoms with E-state index < -0.39 is 54.3 Å². The lowest BCUT2D eigenvalue weighted by Gasteiger charge is -2.62. The van der Waals surface area contributed by atoms with E-state index in [-0.39, 0.29) is 35.9 Å². The fraction of sp³-hybridized carbons (Fsp3) is 0.833. The normalized spacial score (nSPS) is 47.9. The van der Waals surface area contributed by atoms with Crippen molar-refractivity contribution >= 4 is 5.97 Å². The average Bonchev–Trinajstić information content (AvgIpc) is 2.90. The maximum atomic E-state index is 12.5. The van der Waals surface area contributed by atoms with Gasteiger partial charge in [-0.15, -0.1) is 6.58 Å². The molecule has 5 N–H and O–H groups in total. The summed E-state index contributed by atoms with van der Waals surface area (Å²) in [4.78, 5) is 12.5. The van der Waals surface area contributed by atoms with E-state index in [0.29, 0.717) is 19.3 Å². The number of unbranched alkanes of at least 4 members (excludes halogenated alkanes) is 1. The number of allylic oxidation sites excluding steroid dienone is 3. The zero-order valence-corrected chi connectivity index (χ0v) is 23.8. The molecule has 0 aromatic rings. The zero-order valence-electron chi connectivity index (χ0n) is 23.8. The predicted octanol–water partition coefficient (Wildman–Crippen LogP) is 2.23. The molecule has 222 valence electrons. The SMILES string of the molecule is C=C[C@@]1(C)CC[C@H]2C(=CC[C@@H]3[C@]2(C)C[C@@H](O)[C@H](O)[C@]3(C)CO[C@@H]2O[C@H](C(=O)OCCCC)[C@@H](O)[C@@H](O)[C@@H]2O)C1. The summed E-state index contributed by atoms with van der Waals surface area (Å²) >= 11 is 0. The van der Waals surface area contributed by atoms with E-state index in [0.717, 1.165) is 25.7 Å². The number of carbonyl (C=O) groups is 1. The molecule has 9 nitrogen and oxygen atoms in total. The Labute approximate surface area is 231 Å². The van der Waals surface area contributed by atoms with Crippen LogP contribution in [-0.2, 0) is 19.0 Å². The molecule has 0 spiro atoms. The maximum Gasteiger partial charge on any atom is 0.338 e. The van der Waals surface area contributed by atoms with Crippen molar-refractivity contribution in [2.45, 2.75) is 116 Å². The molecule has 0 amide bonds. The lowest BCUT2D eigenvalue weighted by Crippen LogP contribution is -2.64. The van der Waals surface area contributed by atoms with E-state index in [1.807, 2.05) is 19.9 Å². The van der Waals surface area contributed by atoms with Gasteiger partial charge in [0.05, 0.1) is 25.4 Å². The average molecular weight is 553 g/mol. The van der Waals surface area contributed by atoms with Crippen LogP contribution in [0.1, 0.15) is 72.6 Å². The number of hydrogen-bond donors (Lipinski definition) is 5. The van der Waals surface area contributed by atoms with Gasteiger partial charge in [0.2, 0.25) is 0 Å². The molecule has 0 unspecified atom stereocenters. The predicted molar refractivity (Wildman–Crippen MR) is 143 cm³/mol. The van der Waals surface area contributed by atoms with Crippen LogP contribution in [0.25, 0.3) is 0 Å². The number of ether oxygens (including phenoxy) is 3. The van der Waals surface area contributed by atoms with Gasteiger partial charge in [0, 0.05) is 5.41 Å². The lowest BCUT2D eigenvalue weighted by atomic mass is 9.44. The van der Waals surface area contributed by atoms with E-state index in [4.69, 9.17) is 14.2 Å². The van der Waals surface area contributed by atoms with Crippen LogP contribution < -0.4 is 0 Å². The molecule has 3 aliphatic carbocycles. The van der Waals surface area contributed by atoms with Gasteiger partial charge < -0.3 is 39.7 Å². The molecule has 4 rings (SSSR count). The Morgan fingerprint density at radius 1 is 1.15 bits per heavy atom. The fourth-order valence-corrected chi connectivity index (χ4v) is 7.80. The van der Waals surface area contributed by atoms with Crippen LogP contribution in [0.15, 0.2) is 24.3 Å². The van der Waals surface area contributed by atoms with Gasteiger partial charge in [0.15, 0.2) is 12.4 Å². The van der Waals surface area contributed by atoms with Crippen LogP contribution in [0.2, 0.25) is 0 Å². The van der Waals surface area contributed by atoms with E-state index in [1.54, 1.807) is 0 Å². The lowest BCUT2D eigenvalue weighted by molar-refractivity contribution is -0.309. The smallest absolute Gasteiger partial charge is 0.338 e. The van der Waals surface area contributed by atoms with Crippen LogP contribution in [0, 0.1) is 28.1 Å². The molecule has 3 fully saturated rings. The van der Waals surface area contributed by atoms with Crippen LogP contribution in [0.4, 0.5) is 0 Å². The minimum Gasteiger partial charge on any atom is -0.464 e. The number of hydrogen-bond acceptors (Lipinski definition) is 9. The Morgan fingerprint density at radius 2 is 1.87 bits per heavy atom. The Bertz CT molecular complexity index is 937. The molecule has 1 saturated heterocycles. The Morgan fingerprint density at radius 3 is 2.54 bits per heavy atom. The van der Waals surface area contributed by atoms with E-state index >= 15 is 0 Å². The third kappa shape index (κ3) is 5.48. The minimum atomic E-state index is -1.69. The Balaban J connectivity index is 1.53. The number of carbonyl (C=O) groups excluding carboxylic acids is 1. The van der Waals surface area contributed by atoms with Crippen molar-refractivity contribution in [3.8, 4) is 0 Å². The minimum absolute atomic E-state index is 0.0312. The molecule has 0 radical (unpaired) electrons. The van der Waals surface area contributed by atoms with E-state index in [9.17, 15) is 30.3 Å². The molecule has 0 bridgehead atoms. The second-order valence-electron chi connectivity index (χ2n) is 13.2. The Hall–Kier alpha value is -1.33. The summed E-state index contributed by atoms with van der Waals surface area (Å²) < 4.78 is 16.8. The monoisotopic (exact) mass is 552 g/mol. The number of aliphatic hydroxyl groups excluding tert-OH is 5. The summed E-state index contributed by atoms with van der Waals surface area (Å²) in [6.07, 6.45) is -0.0985. The van der Waals surface area contributed by atoms with Crippen LogP contribution in [-0.4, -0.2) is 87.6 Å². The standard InChI is InChI=1S/C30H48O9/c1-6-8-13-37-26(36)24-22(33)21(32)23(34)27(39-24)38-16-30(5)20-10-9-17-14-28(3,7-2)12-11-18(17)29(20,4)15-19(31)25(30)35/h7,9,18-25,27,31-35H,2,6,8,10-16H2,1,3-5H3/t18-,19+,20+,21+,22-,23-,24-,25-,27+,28-,29+,30+/m0/s1. The summed E-state index contributed by atoms with van der Waals surface area (Å²) in [5.41, 5.74) is 0.256. The van der Waals surface area contributed by atoms with Gasteiger partial charge >= 0.3 is 5.97 Å². The number of aliphatic hydroxyl groups is 5. The van der Waals surface area contributed by atoms with Gasteiger partial charge in [-0.1, -0.05) is 51.8 Å². The van der Waals surface area contributed by atoms with Crippen molar-refractivity contribution in [1.29, 1.82) is 0 Å². The van der Waals surface area contributed by atoms with Crippen LogP contribution >= 0.6 is 0 Å². The molecule has 12 atom stereocenters. The van der Waals surface area contributed by atoms with Gasteiger partial charge in [-0.05, 0) is 61.2 Å². The fourth-order valence-electron chi connectivity index (χ4n) is 7.80. The highest BCUT2D eigenvalue weighted by Gasteiger charge is 2.61. The van der Waals surface area contributed by atoms with Crippen molar-refractivity contribution in [3.05, 3.63) is 24.3 Å². The van der Waals surface area contributed by atoms with Crippen LogP contribution in [0.5, 0.6) is 0 Å². The number of rotatable bonds is 8. The molecule has 1 aliphatic heterocycles. The Kier molecular flexibility index (Phi) is 9.04. The van der Waals surface area contributed by atoms with Gasteiger partial charge in [-0.3, -0.25) is 0 Å². The molecular weight excluding hydrogens is 504 g/mol. The number of fused-ring (bicyclic) bond motifs is 3. The molecule has 39 heavy (non-hydrogen) atoms. The van der Waals surface area contributed by atoms with Crippen LogP contribution in [0.3, 0.4) is 0 Å². The number of esters is 1. The molecule has 0 aromatic heterocycles. The molecule has 4 aliphatic rings. The van der Waals surface area contributed by atoms with Crippen molar-refractivity contribution in [1.82, 2.24) is 0 Å². The summed E-state index contributed by atoms with van der Waals surface area (Å²) in [5, 5.41) is 53.8. The summed E-state index contributed by atoms with van der Waals surface area (Å²) in [6.45, 7) is 12.4. The zero-order chi connectivity index (χ0) is 28.8. The van der Waals surface area contributed by atoms with Gasteiger partial charge in [0.25, 0.3) is 0 Å². The van der Waals surface area contributed by atoms with E-state index in [2.05, 4.69) is 26.5 Å². The van der Waals surface area contributed by atoms with E-state index in [1.165, 1.54) is 5.57 Å². The highest BCUT2D eigenvalue weighted by molar-refractivity contribution is 5.75. The maximum absolute atomic E-state index is 12.5. The van der Waals surface area contributed by atoms with Crippen molar-refractivity contribution in [2.75, 3.05) is 13.2 Å². The third-order valence-corrected chi connectivity index (χ3v) is 10.3. The first-order valence-electron chi connectivity index (χ1n) is 14.5. The highest BCUT2D eigenvalue weighted by atomic mass is 16.7. The topological polar surface area (TPSA) is 146 Å². The molecule has 9 heteroatoms. The summed E-state index contributed by atoms with van der Waals surface area (Å²) in [6, 6.07) is 0. The first-order chi connectivity index (χ1) is 18.3. The van der Waals surface area contributed by atoms with Crippen molar-refractivity contribution in [2.24, 2.45) is 28.1 Å². The third-order valence-electron chi connectivity index (χ3n) is 10.3. The molecule has 1 heterocycles. The second kappa shape index (κ2) is 11.5. The van der Waals surface area contributed by atoms with Gasteiger partial charge in [0.1, 0.15) is 18.3 Å². The van der Waals surface area contributed by atoms with Crippen molar-refractivity contribution < 1.29 is 44.5 Å². The van der Waals surface area contributed by atoms with Crippen molar-refractivity contribution in [3.63, 3.8) is 0 Å². The summed E-state index contributed by atoms with van der Waals surface area (Å²) in [5.74, 6) is -0.603. The van der Waals surface area contributed by atoms with Gasteiger partial charge in [-0.2, -0.15) is 0 Å². The molecule has 2 saturated carbocycles. The molecular formula is C30H48O9. The van der Waals surface area contributed by atoms with Gasteiger partial charge in [-0.25, -0.2) is 4.79 Å². The quantitative estimate of drug-likeness (QED) is 0.174. The first-order valence-corrected chi connectivity index (χ1v) is 14.5. The molecule has 0 aromatic carbocycles. The first kappa shape index (κ1) is 30.6. The highest BCUT2D eigenvalue weighted by Crippen LogP contribution is 2.63. The summed E-state index contributed by atoms with van der Waals surface area (Å²) in [7, 11) is 0.